The van der Waals surface area contributed by atoms with Crippen LogP contribution in [0.2, 0.25) is 0 Å². The first kappa shape index (κ1) is 18.6. The molecule has 1 aliphatic heterocycles. The maximum absolute atomic E-state index is 12.9. The van der Waals surface area contributed by atoms with E-state index in [9.17, 15) is 14.7 Å². The van der Waals surface area contributed by atoms with Crippen molar-refractivity contribution in [2.75, 3.05) is 12.1 Å². The third-order valence-electron chi connectivity index (χ3n) is 4.77. The van der Waals surface area contributed by atoms with Gasteiger partial charge in [-0.2, -0.15) is 0 Å². The van der Waals surface area contributed by atoms with E-state index in [1.54, 1.807) is 31.1 Å². The number of aromatic nitrogens is 1. The van der Waals surface area contributed by atoms with Crippen molar-refractivity contribution in [2.45, 2.75) is 13.0 Å². The molecule has 29 heavy (non-hydrogen) atoms. The van der Waals surface area contributed by atoms with Crippen molar-refractivity contribution in [2.24, 2.45) is 4.99 Å². The molecule has 4 rings (SSSR count). The van der Waals surface area contributed by atoms with Gasteiger partial charge in [0, 0.05) is 18.7 Å². The summed E-state index contributed by atoms with van der Waals surface area (Å²) in [4.78, 5) is 29.5. The lowest BCUT2D eigenvalue weighted by molar-refractivity contribution is -0.113. The predicted molar refractivity (Wildman–Crippen MR) is 107 cm³/mol. The van der Waals surface area contributed by atoms with E-state index in [1.807, 2.05) is 30.3 Å². The number of amides is 2. The minimum atomic E-state index is -0.668. The fourth-order valence-electron chi connectivity index (χ4n) is 3.13. The Morgan fingerprint density at radius 3 is 2.62 bits per heavy atom. The Labute approximate surface area is 166 Å². The van der Waals surface area contributed by atoms with Crippen molar-refractivity contribution < 1.29 is 19.2 Å². The van der Waals surface area contributed by atoms with Crippen molar-refractivity contribution in [3.05, 3.63) is 66.4 Å². The lowest BCUT2D eigenvalue weighted by atomic mass is 10.1. The van der Waals surface area contributed by atoms with Crippen molar-refractivity contribution in [3.8, 4) is 17.1 Å². The van der Waals surface area contributed by atoms with Crippen LogP contribution < -0.4 is 5.01 Å². The number of carbonyl (C=O) groups excluding carboxylic acids is 2. The van der Waals surface area contributed by atoms with Crippen molar-refractivity contribution in [1.29, 1.82) is 0 Å². The Hall–Kier alpha value is -3.78. The Morgan fingerprint density at radius 1 is 1.14 bits per heavy atom. The molecular formula is C21H18N4O4. The van der Waals surface area contributed by atoms with Crippen LogP contribution in [0, 0.1) is 0 Å². The van der Waals surface area contributed by atoms with Gasteiger partial charge in [-0.05, 0) is 31.2 Å². The lowest BCUT2D eigenvalue weighted by Crippen LogP contribution is -2.38. The first-order chi connectivity index (χ1) is 14.0. The van der Waals surface area contributed by atoms with Gasteiger partial charge in [-0.15, -0.1) is 0 Å². The van der Waals surface area contributed by atoms with Crippen LogP contribution in [0.25, 0.3) is 11.3 Å². The number of nitrogens with zero attached hydrogens (tertiary/aromatic N) is 4. The summed E-state index contributed by atoms with van der Waals surface area (Å²) < 4.78 is 5.20. The van der Waals surface area contributed by atoms with Gasteiger partial charge in [0.1, 0.15) is 11.5 Å². The van der Waals surface area contributed by atoms with Crippen LogP contribution in [0.4, 0.5) is 5.69 Å². The monoisotopic (exact) mass is 390 g/mol. The molecule has 3 aromatic rings. The number of hydrazine groups is 1. The average molecular weight is 390 g/mol. The molecule has 1 aromatic heterocycles. The molecule has 0 aliphatic carbocycles. The number of benzene rings is 2. The highest BCUT2D eigenvalue weighted by Gasteiger charge is 2.40. The van der Waals surface area contributed by atoms with E-state index >= 15 is 0 Å². The summed E-state index contributed by atoms with van der Waals surface area (Å²) in [6, 6.07) is 16.6. The first-order valence-corrected chi connectivity index (χ1v) is 8.97. The number of phenols is 1. The molecule has 2 heterocycles. The SMILES string of the molecule is CC1C(=NC(=O)c2cc(-c3cccc(O)c3)on2)C(=O)N(c2ccccc2)N1C. The zero-order chi connectivity index (χ0) is 20.5. The smallest absolute Gasteiger partial charge is 0.299 e. The Balaban J connectivity index is 1.61. The summed E-state index contributed by atoms with van der Waals surface area (Å²) >= 11 is 0. The van der Waals surface area contributed by atoms with E-state index < -0.39 is 5.91 Å². The summed E-state index contributed by atoms with van der Waals surface area (Å²) in [7, 11) is 1.76. The van der Waals surface area contributed by atoms with Gasteiger partial charge >= 0.3 is 0 Å². The molecule has 146 valence electrons. The largest absolute Gasteiger partial charge is 0.508 e. The van der Waals surface area contributed by atoms with E-state index in [-0.39, 0.29) is 29.1 Å². The lowest BCUT2D eigenvalue weighted by Gasteiger charge is -2.25. The van der Waals surface area contributed by atoms with Crippen molar-refractivity contribution in [3.63, 3.8) is 0 Å². The van der Waals surface area contributed by atoms with Gasteiger partial charge in [0.25, 0.3) is 11.8 Å². The number of aromatic hydroxyl groups is 1. The molecule has 1 atom stereocenters. The standard InChI is InChI=1S/C21H18N4O4/c1-13-19(21(28)25(24(13)2)15-8-4-3-5-9-15)22-20(27)17-12-18(29-23-17)14-7-6-10-16(26)11-14/h3-13,26H,1-2H3. The fraction of sp³-hybridized carbons (Fsp3) is 0.143. The van der Waals surface area contributed by atoms with Crippen LogP contribution >= 0.6 is 0 Å². The third-order valence-corrected chi connectivity index (χ3v) is 4.77. The van der Waals surface area contributed by atoms with E-state index in [2.05, 4.69) is 10.1 Å². The predicted octanol–water partition coefficient (Wildman–Crippen LogP) is 2.91. The summed E-state index contributed by atoms with van der Waals surface area (Å²) in [6.07, 6.45) is 0. The average Bonchev–Trinajstić information content (AvgIpc) is 3.29. The van der Waals surface area contributed by atoms with Gasteiger partial charge in [0.2, 0.25) is 0 Å². The Bertz CT molecular complexity index is 1110. The highest BCUT2D eigenvalue weighted by Crippen LogP contribution is 2.26. The van der Waals surface area contributed by atoms with E-state index in [1.165, 1.54) is 23.2 Å². The number of aliphatic imine (C=N–C) groups is 1. The maximum Gasteiger partial charge on any atom is 0.299 e. The zero-order valence-corrected chi connectivity index (χ0v) is 15.8. The van der Waals surface area contributed by atoms with Gasteiger partial charge in [-0.1, -0.05) is 35.5 Å². The van der Waals surface area contributed by atoms with Crippen molar-refractivity contribution >= 4 is 23.2 Å². The maximum atomic E-state index is 12.9. The number of para-hydroxylation sites is 1. The molecule has 8 heteroatoms. The Kier molecular flexibility index (Phi) is 4.69. The molecule has 0 radical (unpaired) electrons. The van der Waals surface area contributed by atoms with Crippen LogP contribution in [0.5, 0.6) is 5.75 Å². The normalized spacial score (nSPS) is 18.6. The number of anilines is 1. The topological polar surface area (TPSA) is 99.2 Å². The molecule has 1 N–H and O–H groups in total. The minimum absolute atomic E-state index is 0.0170. The van der Waals surface area contributed by atoms with Crippen LogP contribution in [0.3, 0.4) is 0 Å². The summed E-state index contributed by atoms with van der Waals surface area (Å²) in [5.74, 6) is -0.644. The minimum Gasteiger partial charge on any atom is -0.508 e. The van der Waals surface area contributed by atoms with Gasteiger partial charge < -0.3 is 9.63 Å². The molecule has 8 nitrogen and oxygen atoms in total. The van der Waals surface area contributed by atoms with E-state index in [4.69, 9.17) is 4.52 Å². The molecule has 1 saturated heterocycles. The van der Waals surface area contributed by atoms with Crippen LogP contribution in [0.1, 0.15) is 17.4 Å². The van der Waals surface area contributed by atoms with Crippen LogP contribution in [0.15, 0.2) is 70.2 Å². The zero-order valence-electron chi connectivity index (χ0n) is 15.8. The summed E-state index contributed by atoms with van der Waals surface area (Å²) in [5.41, 5.74) is 1.38. The molecule has 1 aliphatic rings. The molecule has 1 unspecified atom stereocenters. The second-order valence-electron chi connectivity index (χ2n) is 6.63. The molecule has 2 aromatic carbocycles. The van der Waals surface area contributed by atoms with Gasteiger partial charge in [0.05, 0.1) is 11.7 Å². The summed E-state index contributed by atoms with van der Waals surface area (Å²) in [6.45, 7) is 1.80. The number of hydrogen-bond acceptors (Lipinski definition) is 6. The van der Waals surface area contributed by atoms with Gasteiger partial charge in [-0.25, -0.2) is 15.0 Å². The molecule has 0 bridgehead atoms. The molecule has 1 fully saturated rings. The second-order valence-corrected chi connectivity index (χ2v) is 6.63. The third kappa shape index (κ3) is 3.41. The van der Waals surface area contributed by atoms with E-state index in [0.29, 0.717) is 17.0 Å². The van der Waals surface area contributed by atoms with E-state index in [0.717, 1.165) is 0 Å². The highest BCUT2D eigenvalue weighted by atomic mass is 16.5. The molecule has 0 saturated carbocycles. The number of carbonyl (C=O) groups is 2. The first-order valence-electron chi connectivity index (χ1n) is 8.97. The Morgan fingerprint density at radius 2 is 1.90 bits per heavy atom. The van der Waals surface area contributed by atoms with Gasteiger partial charge in [0.15, 0.2) is 11.5 Å². The fourth-order valence-corrected chi connectivity index (χ4v) is 3.13. The molecule has 2 amide bonds. The quantitative estimate of drug-likeness (QED) is 0.738. The van der Waals surface area contributed by atoms with Crippen molar-refractivity contribution in [1.82, 2.24) is 10.2 Å². The molecule has 0 spiro atoms. The second kappa shape index (κ2) is 7.33. The number of phenolic OH excluding ortho intramolecular Hbond substituents is 1. The summed E-state index contributed by atoms with van der Waals surface area (Å²) in [5, 5.41) is 16.6. The highest BCUT2D eigenvalue weighted by molar-refractivity contribution is 6.48. The number of hydrogen-bond donors (Lipinski definition) is 1. The van der Waals surface area contributed by atoms with Gasteiger partial charge in [-0.3, -0.25) is 9.59 Å². The van der Waals surface area contributed by atoms with Crippen LogP contribution in [-0.4, -0.2) is 45.9 Å². The number of rotatable bonds is 3. The molecular weight excluding hydrogens is 372 g/mol. The van der Waals surface area contributed by atoms with Crippen LogP contribution in [-0.2, 0) is 4.79 Å².